The van der Waals surface area contributed by atoms with Crippen LogP contribution in [0.5, 0.6) is 0 Å². The van der Waals surface area contributed by atoms with Gasteiger partial charge in [0.25, 0.3) is 5.91 Å². The average molecular weight is 314 g/mol. The smallest absolute Gasteiger partial charge is 0.251 e. The number of benzene rings is 1. The molecule has 0 aromatic heterocycles. The van der Waals surface area contributed by atoms with E-state index in [9.17, 15) is 9.59 Å². The summed E-state index contributed by atoms with van der Waals surface area (Å²) in [5.41, 5.74) is 1.74. The number of fused-ring (bicyclic) bond motifs is 1. The molecule has 2 fully saturated rings. The maximum absolute atomic E-state index is 12.5. The molecule has 1 aliphatic heterocycles. The molecule has 23 heavy (non-hydrogen) atoms. The number of carbonyl (C=O) groups excluding carboxylic acids is 2. The summed E-state index contributed by atoms with van der Waals surface area (Å²) in [7, 11) is 0. The summed E-state index contributed by atoms with van der Waals surface area (Å²) in [6.45, 7) is 4.13. The molecule has 2 aliphatic rings. The fourth-order valence-electron chi connectivity index (χ4n) is 4.25. The molecule has 4 heteroatoms. The standard InChI is InChI=1S/C19H26N2O2/c1-3-13-10-18(22)21-17-11-14(8-9-16(13)17)20-19(23)15-7-5-4-6-12(15)2/h4-7,13-14,16-17H,3,8-11H2,1-2H3,(H,20,23)(H,21,22). The Bertz CT molecular complexity index is 599. The second-order valence-electron chi connectivity index (χ2n) is 7.01. The van der Waals surface area contributed by atoms with Crippen molar-refractivity contribution in [1.82, 2.24) is 10.6 Å². The lowest BCUT2D eigenvalue weighted by Gasteiger charge is -2.44. The minimum atomic E-state index is 0.000674. The highest BCUT2D eigenvalue weighted by Gasteiger charge is 2.40. The SMILES string of the molecule is CCC1CC(=O)NC2CC(NC(=O)c3ccccc3C)CCC12. The van der Waals surface area contributed by atoms with Crippen molar-refractivity contribution in [2.75, 3.05) is 0 Å². The van der Waals surface area contributed by atoms with E-state index in [0.717, 1.165) is 36.8 Å². The zero-order valence-corrected chi connectivity index (χ0v) is 14.0. The summed E-state index contributed by atoms with van der Waals surface area (Å²) in [6, 6.07) is 8.03. The maximum Gasteiger partial charge on any atom is 0.251 e. The Morgan fingerprint density at radius 3 is 2.83 bits per heavy atom. The summed E-state index contributed by atoms with van der Waals surface area (Å²) >= 11 is 0. The van der Waals surface area contributed by atoms with Crippen LogP contribution in [-0.4, -0.2) is 23.9 Å². The van der Waals surface area contributed by atoms with Crippen LogP contribution < -0.4 is 10.6 Å². The van der Waals surface area contributed by atoms with E-state index < -0.39 is 0 Å². The van der Waals surface area contributed by atoms with Crippen LogP contribution in [0.25, 0.3) is 0 Å². The van der Waals surface area contributed by atoms with Gasteiger partial charge in [-0.25, -0.2) is 0 Å². The van der Waals surface area contributed by atoms with E-state index in [1.165, 1.54) is 0 Å². The van der Waals surface area contributed by atoms with Crippen LogP contribution in [0.4, 0.5) is 0 Å². The number of nitrogens with one attached hydrogen (secondary N) is 2. The third-order valence-electron chi connectivity index (χ3n) is 5.55. The highest BCUT2D eigenvalue weighted by Crippen LogP contribution is 2.37. The van der Waals surface area contributed by atoms with Gasteiger partial charge in [-0.2, -0.15) is 0 Å². The van der Waals surface area contributed by atoms with E-state index in [2.05, 4.69) is 17.6 Å². The minimum absolute atomic E-state index is 0.000674. The van der Waals surface area contributed by atoms with Gasteiger partial charge in [-0.3, -0.25) is 9.59 Å². The third kappa shape index (κ3) is 3.41. The van der Waals surface area contributed by atoms with Crippen molar-refractivity contribution in [2.24, 2.45) is 11.8 Å². The molecule has 1 saturated carbocycles. The van der Waals surface area contributed by atoms with Crippen LogP contribution in [0, 0.1) is 18.8 Å². The van der Waals surface area contributed by atoms with Crippen LogP contribution in [0.15, 0.2) is 24.3 Å². The number of aryl methyl sites for hydroxylation is 1. The van der Waals surface area contributed by atoms with Crippen LogP contribution >= 0.6 is 0 Å². The van der Waals surface area contributed by atoms with Crippen molar-refractivity contribution in [3.63, 3.8) is 0 Å². The summed E-state index contributed by atoms with van der Waals surface area (Å²) in [6.07, 6.45) is 4.67. The molecule has 4 unspecified atom stereocenters. The molecular formula is C19H26N2O2. The molecule has 124 valence electrons. The highest BCUT2D eigenvalue weighted by molar-refractivity contribution is 5.95. The van der Waals surface area contributed by atoms with Gasteiger partial charge in [-0.15, -0.1) is 0 Å². The summed E-state index contributed by atoms with van der Waals surface area (Å²) in [4.78, 5) is 24.4. The molecule has 1 aliphatic carbocycles. The first-order valence-corrected chi connectivity index (χ1v) is 8.74. The molecule has 1 aromatic carbocycles. The summed E-state index contributed by atoms with van der Waals surface area (Å²) in [5, 5.41) is 6.31. The predicted molar refractivity (Wildman–Crippen MR) is 90.1 cm³/mol. The molecule has 2 amide bonds. The first-order valence-electron chi connectivity index (χ1n) is 8.74. The molecule has 4 nitrogen and oxygen atoms in total. The Morgan fingerprint density at radius 2 is 2.09 bits per heavy atom. The van der Waals surface area contributed by atoms with Gasteiger partial charge in [0.05, 0.1) is 0 Å². The van der Waals surface area contributed by atoms with Gasteiger partial charge in [0.2, 0.25) is 5.91 Å². The van der Waals surface area contributed by atoms with Crippen molar-refractivity contribution >= 4 is 11.8 Å². The van der Waals surface area contributed by atoms with Crippen molar-refractivity contribution in [1.29, 1.82) is 0 Å². The number of carbonyl (C=O) groups is 2. The van der Waals surface area contributed by atoms with Gasteiger partial charge in [-0.05, 0) is 49.7 Å². The van der Waals surface area contributed by atoms with Gasteiger partial charge in [0.1, 0.15) is 0 Å². The quantitative estimate of drug-likeness (QED) is 0.901. The molecule has 4 atom stereocenters. The lowest BCUT2D eigenvalue weighted by molar-refractivity contribution is -0.127. The summed E-state index contributed by atoms with van der Waals surface area (Å²) in [5.74, 6) is 1.25. The Kier molecular flexibility index (Phi) is 4.69. The first kappa shape index (κ1) is 16.0. The second-order valence-corrected chi connectivity index (χ2v) is 7.01. The van der Waals surface area contributed by atoms with Crippen molar-refractivity contribution < 1.29 is 9.59 Å². The summed E-state index contributed by atoms with van der Waals surface area (Å²) < 4.78 is 0. The fourth-order valence-corrected chi connectivity index (χ4v) is 4.25. The van der Waals surface area contributed by atoms with E-state index in [0.29, 0.717) is 18.3 Å². The normalized spacial score (nSPS) is 30.3. The van der Waals surface area contributed by atoms with Crippen LogP contribution in [0.2, 0.25) is 0 Å². The highest BCUT2D eigenvalue weighted by atomic mass is 16.2. The predicted octanol–water partition coefficient (Wildman–Crippen LogP) is 2.81. The Hall–Kier alpha value is -1.84. The Labute approximate surface area is 138 Å². The van der Waals surface area contributed by atoms with Crippen LogP contribution in [0.3, 0.4) is 0 Å². The van der Waals surface area contributed by atoms with Gasteiger partial charge in [0, 0.05) is 24.1 Å². The number of rotatable bonds is 3. The van der Waals surface area contributed by atoms with Crippen LogP contribution in [0.1, 0.15) is 54.9 Å². The zero-order chi connectivity index (χ0) is 16.4. The molecule has 0 radical (unpaired) electrons. The fraction of sp³-hybridized carbons (Fsp3) is 0.579. The van der Waals surface area contributed by atoms with E-state index in [1.807, 2.05) is 31.2 Å². The topological polar surface area (TPSA) is 58.2 Å². The van der Waals surface area contributed by atoms with Crippen LogP contribution in [-0.2, 0) is 4.79 Å². The molecule has 3 rings (SSSR count). The lowest BCUT2D eigenvalue weighted by Crippen LogP contribution is -2.55. The number of piperidine rings is 1. The largest absolute Gasteiger partial charge is 0.353 e. The molecular weight excluding hydrogens is 288 g/mol. The van der Waals surface area contributed by atoms with Gasteiger partial charge in [-0.1, -0.05) is 31.5 Å². The van der Waals surface area contributed by atoms with E-state index >= 15 is 0 Å². The van der Waals surface area contributed by atoms with Crippen molar-refractivity contribution in [3.05, 3.63) is 35.4 Å². The molecule has 1 heterocycles. The van der Waals surface area contributed by atoms with Gasteiger partial charge in [0.15, 0.2) is 0 Å². The minimum Gasteiger partial charge on any atom is -0.353 e. The van der Waals surface area contributed by atoms with Crippen molar-refractivity contribution in [3.8, 4) is 0 Å². The Balaban J connectivity index is 1.64. The van der Waals surface area contributed by atoms with E-state index in [4.69, 9.17) is 0 Å². The monoisotopic (exact) mass is 314 g/mol. The Morgan fingerprint density at radius 1 is 1.30 bits per heavy atom. The first-order chi connectivity index (χ1) is 11.1. The van der Waals surface area contributed by atoms with E-state index in [1.54, 1.807) is 0 Å². The molecule has 1 saturated heterocycles. The van der Waals surface area contributed by atoms with Gasteiger partial charge < -0.3 is 10.6 Å². The molecule has 0 spiro atoms. The van der Waals surface area contributed by atoms with Gasteiger partial charge >= 0.3 is 0 Å². The lowest BCUT2D eigenvalue weighted by atomic mass is 9.70. The maximum atomic E-state index is 12.5. The molecule has 0 bridgehead atoms. The number of hydrogen-bond donors (Lipinski definition) is 2. The average Bonchev–Trinajstić information content (AvgIpc) is 2.54. The number of hydrogen-bond acceptors (Lipinski definition) is 2. The zero-order valence-electron chi connectivity index (χ0n) is 14.0. The van der Waals surface area contributed by atoms with E-state index in [-0.39, 0.29) is 23.9 Å². The van der Waals surface area contributed by atoms with Crippen molar-refractivity contribution in [2.45, 2.75) is 58.0 Å². The number of amides is 2. The molecule has 1 aromatic rings. The third-order valence-corrected chi connectivity index (χ3v) is 5.55. The molecule has 2 N–H and O–H groups in total. The second kappa shape index (κ2) is 6.73.